The molecular formula is C10H19N3O3S. The van der Waals surface area contributed by atoms with Crippen LogP contribution in [0, 0.1) is 5.92 Å². The molecule has 0 spiro atoms. The maximum absolute atomic E-state index is 11.9. The Morgan fingerprint density at radius 2 is 2.24 bits per heavy atom. The highest BCUT2D eigenvalue weighted by molar-refractivity contribution is 7.87. The highest BCUT2D eigenvalue weighted by Gasteiger charge is 2.37. The van der Waals surface area contributed by atoms with Crippen molar-refractivity contribution in [2.45, 2.75) is 32.2 Å². The van der Waals surface area contributed by atoms with E-state index < -0.39 is 10.2 Å². The van der Waals surface area contributed by atoms with Crippen LogP contribution in [-0.2, 0) is 15.0 Å². The van der Waals surface area contributed by atoms with E-state index in [0.717, 1.165) is 6.42 Å². The minimum atomic E-state index is -3.33. The Kier molecular flexibility index (Phi) is 3.70. The van der Waals surface area contributed by atoms with Crippen LogP contribution in [0.1, 0.15) is 26.2 Å². The van der Waals surface area contributed by atoms with Gasteiger partial charge in [-0.3, -0.25) is 4.79 Å². The van der Waals surface area contributed by atoms with Crippen LogP contribution in [0.4, 0.5) is 0 Å². The van der Waals surface area contributed by atoms with Gasteiger partial charge in [-0.2, -0.15) is 12.7 Å². The van der Waals surface area contributed by atoms with Gasteiger partial charge in [0.05, 0.1) is 0 Å². The van der Waals surface area contributed by atoms with Gasteiger partial charge in [-0.1, -0.05) is 6.92 Å². The first kappa shape index (κ1) is 12.8. The Bertz CT molecular complexity index is 396. The van der Waals surface area contributed by atoms with Crippen LogP contribution in [0.5, 0.6) is 0 Å². The van der Waals surface area contributed by atoms with Gasteiger partial charge in [-0.25, -0.2) is 4.72 Å². The molecular weight excluding hydrogens is 242 g/mol. The van der Waals surface area contributed by atoms with Gasteiger partial charge in [-0.05, 0) is 18.8 Å². The number of hydrogen-bond acceptors (Lipinski definition) is 3. The molecule has 2 unspecified atom stereocenters. The van der Waals surface area contributed by atoms with E-state index in [1.165, 1.54) is 4.31 Å². The number of nitrogens with one attached hydrogen (secondary N) is 2. The number of rotatable bonds is 3. The van der Waals surface area contributed by atoms with Crippen molar-refractivity contribution >= 4 is 16.1 Å². The summed E-state index contributed by atoms with van der Waals surface area (Å²) in [4.78, 5) is 11.2. The molecule has 0 aromatic carbocycles. The van der Waals surface area contributed by atoms with Gasteiger partial charge >= 0.3 is 0 Å². The molecule has 2 aliphatic heterocycles. The van der Waals surface area contributed by atoms with E-state index in [4.69, 9.17) is 0 Å². The first-order valence-corrected chi connectivity index (χ1v) is 7.51. The summed E-state index contributed by atoms with van der Waals surface area (Å²) >= 11 is 0. The molecule has 17 heavy (non-hydrogen) atoms. The monoisotopic (exact) mass is 261 g/mol. The highest BCUT2D eigenvalue weighted by atomic mass is 32.2. The zero-order chi connectivity index (χ0) is 12.5. The summed E-state index contributed by atoms with van der Waals surface area (Å²) in [5.74, 6) is 0.351. The van der Waals surface area contributed by atoms with E-state index in [1.54, 1.807) is 6.92 Å². The summed E-state index contributed by atoms with van der Waals surface area (Å²) in [6, 6.07) is 0.157. The van der Waals surface area contributed by atoms with Crippen molar-refractivity contribution in [3.63, 3.8) is 0 Å². The lowest BCUT2D eigenvalue weighted by Gasteiger charge is -2.40. The zero-order valence-corrected chi connectivity index (χ0v) is 10.8. The second kappa shape index (κ2) is 4.91. The Labute approximate surface area is 102 Å². The molecule has 2 saturated heterocycles. The van der Waals surface area contributed by atoms with Crippen molar-refractivity contribution in [2.75, 3.05) is 19.6 Å². The number of carbonyl (C=O) groups is 1. The SMILES string of the molecule is CCNS(=O)(=O)N1CCC2NC(=O)CCC2C1. The minimum absolute atomic E-state index is 0.0919. The van der Waals surface area contributed by atoms with Crippen LogP contribution in [0.25, 0.3) is 0 Å². The summed E-state index contributed by atoms with van der Waals surface area (Å²) < 4.78 is 27.7. The predicted octanol–water partition coefficient (Wildman–Crippen LogP) is -0.559. The number of piperidine rings is 2. The molecule has 0 radical (unpaired) electrons. The number of amides is 1. The summed E-state index contributed by atoms with van der Waals surface area (Å²) in [6.45, 7) is 3.17. The molecule has 0 saturated carbocycles. The maximum Gasteiger partial charge on any atom is 0.279 e. The summed E-state index contributed by atoms with van der Waals surface area (Å²) in [5.41, 5.74) is 0. The summed E-state index contributed by atoms with van der Waals surface area (Å²) in [5, 5.41) is 2.94. The van der Waals surface area contributed by atoms with Crippen molar-refractivity contribution in [1.29, 1.82) is 0 Å². The molecule has 2 aliphatic rings. The molecule has 2 N–H and O–H groups in total. The third kappa shape index (κ3) is 2.78. The zero-order valence-electron chi connectivity index (χ0n) is 9.98. The van der Waals surface area contributed by atoms with Gasteiger partial charge < -0.3 is 5.32 Å². The standard InChI is InChI=1S/C10H19N3O3S/c1-2-11-17(15,16)13-6-5-9-8(7-13)3-4-10(14)12-9/h8-9,11H,2-7H2,1H3,(H,12,14). The quantitative estimate of drug-likeness (QED) is 0.715. The fourth-order valence-corrected chi connectivity index (χ4v) is 3.85. The van der Waals surface area contributed by atoms with Crippen LogP contribution in [0.2, 0.25) is 0 Å². The first-order chi connectivity index (χ1) is 8.03. The van der Waals surface area contributed by atoms with Gasteiger partial charge in [-0.15, -0.1) is 0 Å². The van der Waals surface area contributed by atoms with Crippen molar-refractivity contribution < 1.29 is 13.2 Å². The number of nitrogens with zero attached hydrogens (tertiary/aromatic N) is 1. The Morgan fingerprint density at radius 3 is 2.94 bits per heavy atom. The van der Waals surface area contributed by atoms with Crippen LogP contribution < -0.4 is 10.0 Å². The average molecular weight is 261 g/mol. The fraction of sp³-hybridized carbons (Fsp3) is 0.900. The number of fused-ring (bicyclic) bond motifs is 1. The molecule has 0 aromatic heterocycles. The van der Waals surface area contributed by atoms with Crippen LogP contribution >= 0.6 is 0 Å². The van der Waals surface area contributed by atoms with Crippen molar-refractivity contribution in [2.24, 2.45) is 5.92 Å². The van der Waals surface area contributed by atoms with Gasteiger partial charge in [0.2, 0.25) is 5.91 Å². The minimum Gasteiger partial charge on any atom is -0.353 e. The van der Waals surface area contributed by atoms with Gasteiger partial charge in [0, 0.05) is 32.1 Å². The molecule has 0 aliphatic carbocycles. The second-order valence-electron chi connectivity index (χ2n) is 4.62. The van der Waals surface area contributed by atoms with Crippen LogP contribution in [0.15, 0.2) is 0 Å². The van der Waals surface area contributed by atoms with Gasteiger partial charge in [0.1, 0.15) is 0 Å². The van der Waals surface area contributed by atoms with Crippen molar-refractivity contribution in [3.8, 4) is 0 Å². The highest BCUT2D eigenvalue weighted by Crippen LogP contribution is 2.26. The van der Waals surface area contributed by atoms with E-state index in [2.05, 4.69) is 10.0 Å². The third-order valence-electron chi connectivity index (χ3n) is 3.45. The average Bonchev–Trinajstić information content (AvgIpc) is 2.28. The van der Waals surface area contributed by atoms with Gasteiger partial charge in [0.15, 0.2) is 0 Å². The molecule has 2 fully saturated rings. The predicted molar refractivity (Wildman–Crippen MR) is 63.4 cm³/mol. The van der Waals surface area contributed by atoms with E-state index in [1.807, 2.05) is 0 Å². The molecule has 98 valence electrons. The van der Waals surface area contributed by atoms with E-state index in [9.17, 15) is 13.2 Å². The molecule has 2 heterocycles. The molecule has 2 atom stereocenters. The van der Waals surface area contributed by atoms with E-state index >= 15 is 0 Å². The Balaban J connectivity index is 2.01. The van der Waals surface area contributed by atoms with Gasteiger partial charge in [0.25, 0.3) is 10.2 Å². The number of carbonyl (C=O) groups excluding carboxylic acids is 1. The second-order valence-corrected chi connectivity index (χ2v) is 6.38. The largest absolute Gasteiger partial charge is 0.353 e. The fourth-order valence-electron chi connectivity index (χ4n) is 2.57. The maximum atomic E-state index is 11.9. The Hall–Kier alpha value is -0.660. The molecule has 6 nitrogen and oxygen atoms in total. The first-order valence-electron chi connectivity index (χ1n) is 6.07. The van der Waals surface area contributed by atoms with Crippen molar-refractivity contribution in [3.05, 3.63) is 0 Å². The van der Waals surface area contributed by atoms with E-state index in [-0.39, 0.29) is 17.9 Å². The smallest absolute Gasteiger partial charge is 0.279 e. The van der Waals surface area contributed by atoms with E-state index in [0.29, 0.717) is 32.5 Å². The third-order valence-corrected chi connectivity index (χ3v) is 5.12. The van der Waals surface area contributed by atoms with Crippen LogP contribution in [-0.4, -0.2) is 44.3 Å². The molecule has 7 heteroatoms. The molecule has 1 amide bonds. The molecule has 0 aromatic rings. The number of hydrogen-bond donors (Lipinski definition) is 2. The lowest BCUT2D eigenvalue weighted by atomic mass is 9.86. The topological polar surface area (TPSA) is 78.5 Å². The normalized spacial score (nSPS) is 30.8. The lowest BCUT2D eigenvalue weighted by Crippen LogP contribution is -2.56. The Morgan fingerprint density at radius 1 is 1.47 bits per heavy atom. The summed E-state index contributed by atoms with van der Waals surface area (Å²) in [6.07, 6.45) is 2.01. The molecule has 2 rings (SSSR count). The van der Waals surface area contributed by atoms with Crippen molar-refractivity contribution in [1.82, 2.24) is 14.3 Å². The molecule has 0 bridgehead atoms. The summed E-state index contributed by atoms with van der Waals surface area (Å²) in [7, 11) is -3.33. The van der Waals surface area contributed by atoms with Crippen LogP contribution in [0.3, 0.4) is 0 Å². The lowest BCUT2D eigenvalue weighted by molar-refractivity contribution is -0.124.